The number of carbonyl (C=O) groups is 1. The molecule has 4 N–H and O–H groups in total. The maximum Gasteiger partial charge on any atom is 0.305 e. The molecule has 0 aliphatic carbocycles. The summed E-state index contributed by atoms with van der Waals surface area (Å²) in [5, 5.41) is 31.2. The minimum absolute atomic E-state index is 0.0341. The van der Waals surface area contributed by atoms with Crippen LogP contribution in [0.4, 0.5) is 0 Å². The molecule has 0 spiro atoms. The van der Waals surface area contributed by atoms with Gasteiger partial charge in [0.2, 0.25) is 0 Å². The van der Waals surface area contributed by atoms with Crippen molar-refractivity contribution in [1.82, 2.24) is 5.32 Å². The molecule has 0 aliphatic heterocycles. The van der Waals surface area contributed by atoms with Crippen LogP contribution < -0.4 is 5.32 Å². The van der Waals surface area contributed by atoms with E-state index in [-0.39, 0.29) is 13.0 Å². The Morgan fingerprint density at radius 3 is 2.65 bits per heavy atom. The summed E-state index contributed by atoms with van der Waals surface area (Å²) < 4.78 is 0. The molecule has 0 aliphatic rings. The predicted molar refractivity (Wildman–Crippen MR) is 76.6 cm³/mol. The third kappa shape index (κ3) is 4.92. The Balaban J connectivity index is 2.87. The maximum absolute atomic E-state index is 10.9. The SMILES string of the molecule is Cc1ccc(C)c(C(O)C(CC(=O)O)NCCCO)c1. The number of rotatable bonds is 8. The second-order valence-electron chi connectivity index (χ2n) is 5.04. The van der Waals surface area contributed by atoms with Crippen molar-refractivity contribution in [3.8, 4) is 0 Å². The van der Waals surface area contributed by atoms with Crippen molar-refractivity contribution in [1.29, 1.82) is 0 Å². The van der Waals surface area contributed by atoms with Crippen molar-refractivity contribution in [3.63, 3.8) is 0 Å². The molecular weight excluding hydrogens is 258 g/mol. The van der Waals surface area contributed by atoms with Crippen LogP contribution >= 0.6 is 0 Å². The Labute approximate surface area is 119 Å². The molecular formula is C15H23NO4. The first kappa shape index (κ1) is 16.6. The molecule has 0 fully saturated rings. The number of carboxylic acid groups (broad SMARTS) is 1. The van der Waals surface area contributed by atoms with Crippen molar-refractivity contribution >= 4 is 5.97 Å². The van der Waals surface area contributed by atoms with Gasteiger partial charge in [0.05, 0.1) is 12.5 Å². The quantitative estimate of drug-likeness (QED) is 0.537. The number of aliphatic hydroxyl groups excluding tert-OH is 2. The zero-order chi connectivity index (χ0) is 15.1. The fourth-order valence-corrected chi connectivity index (χ4v) is 2.15. The zero-order valence-electron chi connectivity index (χ0n) is 12.0. The summed E-state index contributed by atoms with van der Waals surface area (Å²) in [5.74, 6) is -0.962. The van der Waals surface area contributed by atoms with Gasteiger partial charge in [-0.25, -0.2) is 0 Å². The third-order valence-electron chi connectivity index (χ3n) is 3.27. The van der Waals surface area contributed by atoms with E-state index in [4.69, 9.17) is 10.2 Å². The molecule has 2 unspecified atom stereocenters. The van der Waals surface area contributed by atoms with Gasteiger partial charge in [0.15, 0.2) is 0 Å². The fourth-order valence-electron chi connectivity index (χ4n) is 2.15. The van der Waals surface area contributed by atoms with E-state index in [1.54, 1.807) is 0 Å². The lowest BCUT2D eigenvalue weighted by atomic mass is 9.94. The molecule has 20 heavy (non-hydrogen) atoms. The number of aryl methyl sites for hydroxylation is 2. The van der Waals surface area contributed by atoms with Crippen LogP contribution in [0.2, 0.25) is 0 Å². The summed E-state index contributed by atoms with van der Waals surface area (Å²) in [4.78, 5) is 10.9. The van der Waals surface area contributed by atoms with Crippen molar-refractivity contribution < 1.29 is 20.1 Å². The number of aliphatic hydroxyl groups is 2. The molecule has 0 bridgehead atoms. The Hall–Kier alpha value is -1.43. The minimum atomic E-state index is -0.962. The monoisotopic (exact) mass is 281 g/mol. The first-order valence-electron chi connectivity index (χ1n) is 6.77. The van der Waals surface area contributed by atoms with Gasteiger partial charge in [0.25, 0.3) is 0 Å². The van der Waals surface area contributed by atoms with E-state index in [9.17, 15) is 9.90 Å². The van der Waals surface area contributed by atoms with Gasteiger partial charge in [-0.3, -0.25) is 4.79 Å². The molecule has 112 valence electrons. The number of hydrogen-bond donors (Lipinski definition) is 4. The average Bonchev–Trinajstić information content (AvgIpc) is 2.39. The van der Waals surface area contributed by atoms with Gasteiger partial charge in [-0.1, -0.05) is 23.8 Å². The maximum atomic E-state index is 10.9. The van der Waals surface area contributed by atoms with Gasteiger partial charge in [0.1, 0.15) is 0 Å². The summed E-state index contributed by atoms with van der Waals surface area (Å²) in [6.07, 6.45) is -0.528. The van der Waals surface area contributed by atoms with Crippen LogP contribution in [0.3, 0.4) is 0 Å². The summed E-state index contributed by atoms with van der Waals surface area (Å²) >= 11 is 0. The van der Waals surface area contributed by atoms with Gasteiger partial charge in [-0.2, -0.15) is 0 Å². The van der Waals surface area contributed by atoms with E-state index in [0.717, 1.165) is 16.7 Å². The van der Waals surface area contributed by atoms with Crippen molar-refractivity contribution in [3.05, 3.63) is 34.9 Å². The average molecular weight is 281 g/mol. The van der Waals surface area contributed by atoms with Gasteiger partial charge in [-0.05, 0) is 37.9 Å². The molecule has 1 aromatic carbocycles. The molecule has 0 radical (unpaired) electrons. The molecule has 1 aromatic rings. The van der Waals surface area contributed by atoms with Gasteiger partial charge in [0, 0.05) is 12.6 Å². The largest absolute Gasteiger partial charge is 0.481 e. The highest BCUT2D eigenvalue weighted by molar-refractivity contribution is 5.67. The molecule has 2 atom stereocenters. The number of benzene rings is 1. The normalized spacial score (nSPS) is 14.0. The first-order chi connectivity index (χ1) is 9.45. The van der Waals surface area contributed by atoms with Crippen LogP contribution in [0, 0.1) is 13.8 Å². The Bertz CT molecular complexity index is 447. The molecule has 1 rings (SSSR count). The van der Waals surface area contributed by atoms with Crippen LogP contribution in [0.5, 0.6) is 0 Å². The second-order valence-corrected chi connectivity index (χ2v) is 5.04. The first-order valence-corrected chi connectivity index (χ1v) is 6.77. The van der Waals surface area contributed by atoms with E-state index in [1.165, 1.54) is 0 Å². The van der Waals surface area contributed by atoms with Crippen molar-refractivity contribution in [2.45, 2.75) is 38.8 Å². The Morgan fingerprint density at radius 1 is 1.35 bits per heavy atom. The molecule has 0 saturated heterocycles. The highest BCUT2D eigenvalue weighted by Gasteiger charge is 2.24. The Morgan fingerprint density at radius 2 is 2.05 bits per heavy atom. The summed E-state index contributed by atoms with van der Waals surface area (Å²) in [7, 11) is 0. The van der Waals surface area contributed by atoms with E-state index in [1.807, 2.05) is 32.0 Å². The van der Waals surface area contributed by atoms with Gasteiger partial charge in [-0.15, -0.1) is 0 Å². The Kier molecular flexibility index (Phi) is 6.64. The lowest BCUT2D eigenvalue weighted by Crippen LogP contribution is -2.38. The van der Waals surface area contributed by atoms with Crippen LogP contribution in [-0.4, -0.2) is 40.5 Å². The summed E-state index contributed by atoms with van der Waals surface area (Å²) in [6, 6.07) is 5.18. The minimum Gasteiger partial charge on any atom is -0.481 e. The summed E-state index contributed by atoms with van der Waals surface area (Å²) in [5.41, 5.74) is 2.70. The smallest absolute Gasteiger partial charge is 0.305 e. The lowest BCUT2D eigenvalue weighted by molar-refractivity contribution is -0.138. The number of aliphatic carboxylic acids is 1. The third-order valence-corrected chi connectivity index (χ3v) is 3.27. The lowest BCUT2D eigenvalue weighted by Gasteiger charge is -2.24. The van der Waals surface area contributed by atoms with Crippen molar-refractivity contribution in [2.24, 2.45) is 0 Å². The highest BCUT2D eigenvalue weighted by atomic mass is 16.4. The number of nitrogens with one attached hydrogen (secondary N) is 1. The van der Waals surface area contributed by atoms with E-state index in [2.05, 4.69) is 5.32 Å². The molecule has 5 nitrogen and oxygen atoms in total. The molecule has 0 amide bonds. The fraction of sp³-hybridized carbons (Fsp3) is 0.533. The summed E-state index contributed by atoms with van der Waals surface area (Å²) in [6.45, 7) is 4.33. The standard InChI is InChI=1S/C15H23NO4/c1-10-4-5-11(2)12(8-10)15(20)13(9-14(18)19)16-6-3-7-17/h4-5,8,13,15-17,20H,3,6-7,9H2,1-2H3,(H,18,19). The zero-order valence-corrected chi connectivity index (χ0v) is 12.0. The van der Waals surface area contributed by atoms with E-state index in [0.29, 0.717) is 13.0 Å². The van der Waals surface area contributed by atoms with Crippen LogP contribution in [0.15, 0.2) is 18.2 Å². The number of carboxylic acids is 1. The molecule has 5 heteroatoms. The van der Waals surface area contributed by atoms with E-state index < -0.39 is 18.1 Å². The molecule has 0 heterocycles. The second kappa shape index (κ2) is 7.99. The topological polar surface area (TPSA) is 89.8 Å². The predicted octanol–water partition coefficient (Wildman–Crippen LogP) is 1.15. The van der Waals surface area contributed by atoms with Gasteiger partial charge >= 0.3 is 5.97 Å². The molecule has 0 saturated carbocycles. The van der Waals surface area contributed by atoms with Crippen LogP contribution in [-0.2, 0) is 4.79 Å². The molecule has 0 aromatic heterocycles. The van der Waals surface area contributed by atoms with E-state index >= 15 is 0 Å². The number of hydrogen-bond acceptors (Lipinski definition) is 4. The highest BCUT2D eigenvalue weighted by Crippen LogP contribution is 2.23. The van der Waals surface area contributed by atoms with Crippen LogP contribution in [0.25, 0.3) is 0 Å². The van der Waals surface area contributed by atoms with Crippen molar-refractivity contribution in [2.75, 3.05) is 13.2 Å². The van der Waals surface area contributed by atoms with Crippen LogP contribution in [0.1, 0.15) is 35.6 Å². The van der Waals surface area contributed by atoms with Gasteiger partial charge < -0.3 is 20.6 Å².